The number of ether oxygens (including phenoxy) is 5. The van der Waals surface area contributed by atoms with Crippen LogP contribution >= 0.6 is 0 Å². The van der Waals surface area contributed by atoms with Gasteiger partial charge in [-0.2, -0.15) is 0 Å². The van der Waals surface area contributed by atoms with Gasteiger partial charge in [0.05, 0.1) is 13.2 Å². The average molecular weight is 372 g/mol. The fourth-order valence-electron chi connectivity index (χ4n) is 3.49. The topological polar surface area (TPSA) is 66.4 Å². The summed E-state index contributed by atoms with van der Waals surface area (Å²) < 4.78 is 29.2. The molecule has 2 fully saturated rings. The SMILES string of the molecule is COC1O[C@@H]2CO[C@@H](c3ccccc3)O[C@H]2[C@H](OCc2ccccc2)[C@H]1O. The van der Waals surface area contributed by atoms with Crippen LogP contribution in [0.15, 0.2) is 60.7 Å². The summed E-state index contributed by atoms with van der Waals surface area (Å²) in [4.78, 5) is 0. The Kier molecular flexibility index (Phi) is 5.83. The Morgan fingerprint density at radius 1 is 1.00 bits per heavy atom. The number of aliphatic hydroxyl groups is 1. The highest BCUT2D eigenvalue weighted by Crippen LogP contribution is 2.35. The maximum absolute atomic E-state index is 10.7. The van der Waals surface area contributed by atoms with Crippen molar-refractivity contribution in [2.75, 3.05) is 13.7 Å². The third kappa shape index (κ3) is 4.06. The molecule has 6 atom stereocenters. The van der Waals surface area contributed by atoms with Crippen LogP contribution in [0.2, 0.25) is 0 Å². The van der Waals surface area contributed by atoms with Crippen molar-refractivity contribution in [3.63, 3.8) is 0 Å². The number of methoxy groups -OCH3 is 1. The molecule has 144 valence electrons. The molecule has 6 nitrogen and oxygen atoms in total. The molecule has 0 radical (unpaired) electrons. The van der Waals surface area contributed by atoms with E-state index >= 15 is 0 Å². The molecule has 27 heavy (non-hydrogen) atoms. The molecule has 2 aliphatic heterocycles. The van der Waals surface area contributed by atoms with Gasteiger partial charge in [0.25, 0.3) is 0 Å². The van der Waals surface area contributed by atoms with Crippen LogP contribution in [0.1, 0.15) is 17.4 Å². The van der Waals surface area contributed by atoms with E-state index in [1.807, 2.05) is 60.7 Å². The van der Waals surface area contributed by atoms with Crippen LogP contribution in [-0.4, -0.2) is 49.5 Å². The number of hydrogen-bond donors (Lipinski definition) is 1. The zero-order chi connectivity index (χ0) is 18.6. The minimum atomic E-state index is -0.963. The summed E-state index contributed by atoms with van der Waals surface area (Å²) in [5.74, 6) is 0. The number of aliphatic hydroxyl groups excluding tert-OH is 1. The van der Waals surface area contributed by atoms with E-state index < -0.39 is 30.9 Å². The molecule has 2 aliphatic rings. The summed E-state index contributed by atoms with van der Waals surface area (Å²) in [6.07, 6.45) is -3.70. The molecular formula is C21H24O6. The second-order valence-corrected chi connectivity index (χ2v) is 6.71. The second-order valence-electron chi connectivity index (χ2n) is 6.71. The molecule has 0 saturated carbocycles. The third-order valence-corrected chi connectivity index (χ3v) is 4.90. The van der Waals surface area contributed by atoms with Gasteiger partial charge in [0.2, 0.25) is 0 Å². The van der Waals surface area contributed by atoms with Crippen molar-refractivity contribution in [2.24, 2.45) is 0 Å². The third-order valence-electron chi connectivity index (χ3n) is 4.90. The highest BCUT2D eigenvalue weighted by molar-refractivity contribution is 5.17. The molecule has 1 N–H and O–H groups in total. The van der Waals surface area contributed by atoms with Gasteiger partial charge in [-0.3, -0.25) is 0 Å². The lowest BCUT2D eigenvalue weighted by molar-refractivity contribution is -0.363. The predicted octanol–water partition coefficient (Wildman–Crippen LogP) is 2.42. The van der Waals surface area contributed by atoms with E-state index in [1.54, 1.807) is 0 Å². The van der Waals surface area contributed by atoms with E-state index in [9.17, 15) is 5.11 Å². The molecular weight excluding hydrogens is 348 g/mol. The van der Waals surface area contributed by atoms with E-state index in [1.165, 1.54) is 7.11 Å². The molecule has 2 aromatic rings. The van der Waals surface area contributed by atoms with Crippen LogP contribution in [0.4, 0.5) is 0 Å². The second kappa shape index (κ2) is 8.48. The lowest BCUT2D eigenvalue weighted by atomic mass is 9.97. The van der Waals surface area contributed by atoms with E-state index in [2.05, 4.69) is 0 Å². The van der Waals surface area contributed by atoms with Crippen molar-refractivity contribution in [2.45, 2.75) is 43.6 Å². The predicted molar refractivity (Wildman–Crippen MR) is 96.7 cm³/mol. The first-order chi connectivity index (χ1) is 13.3. The van der Waals surface area contributed by atoms with E-state index in [4.69, 9.17) is 23.7 Å². The highest BCUT2D eigenvalue weighted by Gasteiger charge is 2.50. The minimum Gasteiger partial charge on any atom is -0.385 e. The van der Waals surface area contributed by atoms with E-state index in [0.29, 0.717) is 13.2 Å². The van der Waals surface area contributed by atoms with Crippen molar-refractivity contribution < 1.29 is 28.8 Å². The van der Waals surface area contributed by atoms with Crippen LogP contribution in [0, 0.1) is 0 Å². The van der Waals surface area contributed by atoms with Gasteiger partial charge in [0.1, 0.15) is 24.4 Å². The monoisotopic (exact) mass is 372 g/mol. The van der Waals surface area contributed by atoms with Gasteiger partial charge in [-0.05, 0) is 5.56 Å². The van der Waals surface area contributed by atoms with Crippen LogP contribution in [0.3, 0.4) is 0 Å². The molecule has 6 heteroatoms. The molecule has 0 aliphatic carbocycles. The zero-order valence-electron chi connectivity index (χ0n) is 15.1. The molecule has 4 rings (SSSR count). The largest absolute Gasteiger partial charge is 0.385 e. The summed E-state index contributed by atoms with van der Waals surface area (Å²) >= 11 is 0. The first-order valence-electron chi connectivity index (χ1n) is 9.10. The Morgan fingerprint density at radius 2 is 1.70 bits per heavy atom. The maximum Gasteiger partial charge on any atom is 0.186 e. The standard InChI is InChI=1S/C21H24O6/c1-23-21-17(22)19(24-12-14-8-4-2-5-9-14)18-16(26-21)13-25-20(27-18)15-10-6-3-7-11-15/h2-11,16-22H,12-13H2,1H3/t16-,17-,18-,19-,20-,21?/m1/s1. The van der Waals surface area contributed by atoms with Gasteiger partial charge in [0.15, 0.2) is 12.6 Å². The fourth-order valence-corrected chi connectivity index (χ4v) is 3.49. The van der Waals surface area contributed by atoms with Gasteiger partial charge in [-0.1, -0.05) is 60.7 Å². The zero-order valence-corrected chi connectivity index (χ0v) is 15.1. The molecule has 0 spiro atoms. The normalized spacial score (nSPS) is 33.4. The average Bonchev–Trinajstić information content (AvgIpc) is 2.74. The van der Waals surface area contributed by atoms with Crippen LogP contribution in [0.5, 0.6) is 0 Å². The molecule has 1 unspecified atom stereocenters. The number of hydrogen-bond acceptors (Lipinski definition) is 6. The molecule has 0 amide bonds. The van der Waals surface area contributed by atoms with Crippen molar-refractivity contribution in [1.82, 2.24) is 0 Å². The first-order valence-corrected chi connectivity index (χ1v) is 9.10. The lowest BCUT2D eigenvalue weighted by Gasteiger charge is -2.47. The Labute approximate surface area is 158 Å². The lowest BCUT2D eigenvalue weighted by Crippen LogP contribution is -2.62. The van der Waals surface area contributed by atoms with Gasteiger partial charge in [-0.15, -0.1) is 0 Å². The molecule has 2 heterocycles. The molecule has 2 saturated heterocycles. The Bertz CT molecular complexity index is 709. The molecule has 0 bridgehead atoms. The smallest absolute Gasteiger partial charge is 0.186 e. The maximum atomic E-state index is 10.7. The quantitative estimate of drug-likeness (QED) is 0.870. The van der Waals surface area contributed by atoms with Gasteiger partial charge >= 0.3 is 0 Å². The summed E-state index contributed by atoms with van der Waals surface area (Å²) in [6.45, 7) is 0.699. The molecule has 0 aromatic heterocycles. The Balaban J connectivity index is 1.51. The van der Waals surface area contributed by atoms with Crippen molar-refractivity contribution in [3.05, 3.63) is 71.8 Å². The first kappa shape index (κ1) is 18.6. The van der Waals surface area contributed by atoms with Crippen molar-refractivity contribution >= 4 is 0 Å². The summed E-state index contributed by atoms with van der Waals surface area (Å²) in [6, 6.07) is 19.5. The number of benzene rings is 2. The Morgan fingerprint density at radius 3 is 2.41 bits per heavy atom. The highest BCUT2D eigenvalue weighted by atomic mass is 16.8. The summed E-state index contributed by atoms with van der Waals surface area (Å²) in [5.41, 5.74) is 1.94. The van der Waals surface area contributed by atoms with Crippen molar-refractivity contribution in [3.8, 4) is 0 Å². The van der Waals surface area contributed by atoms with Crippen LogP contribution in [0.25, 0.3) is 0 Å². The summed E-state index contributed by atoms with van der Waals surface area (Å²) in [7, 11) is 1.50. The van der Waals surface area contributed by atoms with E-state index in [0.717, 1.165) is 11.1 Å². The van der Waals surface area contributed by atoms with Gasteiger partial charge in [0, 0.05) is 12.7 Å². The number of fused-ring (bicyclic) bond motifs is 1. The van der Waals surface area contributed by atoms with Crippen molar-refractivity contribution in [1.29, 1.82) is 0 Å². The van der Waals surface area contributed by atoms with E-state index in [-0.39, 0.29) is 6.10 Å². The minimum absolute atomic E-state index is 0.335. The summed E-state index contributed by atoms with van der Waals surface area (Å²) in [5, 5.41) is 10.7. The fraction of sp³-hybridized carbons (Fsp3) is 0.429. The number of rotatable bonds is 5. The van der Waals surface area contributed by atoms with Crippen LogP contribution < -0.4 is 0 Å². The Hall–Kier alpha value is -1.80. The van der Waals surface area contributed by atoms with Gasteiger partial charge in [-0.25, -0.2) is 0 Å². The molecule has 2 aromatic carbocycles. The van der Waals surface area contributed by atoms with Crippen LogP contribution in [-0.2, 0) is 30.3 Å². The van der Waals surface area contributed by atoms with Gasteiger partial charge < -0.3 is 28.8 Å².